The van der Waals surface area contributed by atoms with Crippen LogP contribution in [0.25, 0.3) is 10.2 Å². The molecule has 4 rings (SSSR count). The minimum absolute atomic E-state index is 0.946. The molecule has 0 amide bonds. The number of para-hydroxylation sites is 2. The van der Waals surface area contributed by atoms with E-state index in [0.717, 1.165) is 42.6 Å². The van der Waals surface area contributed by atoms with Crippen molar-refractivity contribution < 1.29 is 4.74 Å². The SMILES string of the molecule is COc1ccccc1N1CCN(c2nc3c(C)cc(C)cc3s2)CC1. The maximum atomic E-state index is 5.51. The molecule has 0 radical (unpaired) electrons. The van der Waals surface area contributed by atoms with Crippen molar-refractivity contribution in [2.24, 2.45) is 0 Å². The normalized spacial score (nSPS) is 15.0. The van der Waals surface area contributed by atoms with Crippen molar-refractivity contribution in [2.45, 2.75) is 13.8 Å². The van der Waals surface area contributed by atoms with E-state index in [0.29, 0.717) is 0 Å². The van der Waals surface area contributed by atoms with Gasteiger partial charge in [-0.3, -0.25) is 0 Å². The van der Waals surface area contributed by atoms with Crippen molar-refractivity contribution in [3.8, 4) is 5.75 Å². The molecule has 2 aromatic carbocycles. The first-order chi connectivity index (χ1) is 12.2. The number of hydrogen-bond donors (Lipinski definition) is 0. The first kappa shape index (κ1) is 16.2. The van der Waals surface area contributed by atoms with E-state index in [2.05, 4.69) is 47.9 Å². The quantitative estimate of drug-likeness (QED) is 0.704. The maximum Gasteiger partial charge on any atom is 0.186 e. The molecule has 3 aromatic rings. The number of aromatic nitrogens is 1. The lowest BCUT2D eigenvalue weighted by Gasteiger charge is -2.36. The summed E-state index contributed by atoms with van der Waals surface area (Å²) >= 11 is 1.81. The van der Waals surface area contributed by atoms with Crippen LogP contribution in [0.15, 0.2) is 36.4 Å². The van der Waals surface area contributed by atoms with Gasteiger partial charge < -0.3 is 14.5 Å². The van der Waals surface area contributed by atoms with Gasteiger partial charge in [-0.05, 0) is 43.2 Å². The molecule has 1 aliphatic heterocycles. The Bertz CT molecular complexity index is 897. The van der Waals surface area contributed by atoms with Gasteiger partial charge >= 0.3 is 0 Å². The third-order valence-corrected chi connectivity index (χ3v) is 5.86. The van der Waals surface area contributed by atoms with Gasteiger partial charge in [0.15, 0.2) is 5.13 Å². The first-order valence-corrected chi connectivity index (χ1v) is 9.48. The van der Waals surface area contributed by atoms with E-state index in [1.54, 1.807) is 7.11 Å². The Morgan fingerprint density at radius 3 is 2.48 bits per heavy atom. The zero-order valence-electron chi connectivity index (χ0n) is 15.0. The van der Waals surface area contributed by atoms with Crippen LogP contribution in [0.4, 0.5) is 10.8 Å². The summed E-state index contributed by atoms with van der Waals surface area (Å²) in [6, 6.07) is 12.7. The molecule has 1 fully saturated rings. The second-order valence-corrected chi connectivity index (χ2v) is 7.58. The van der Waals surface area contributed by atoms with Crippen molar-refractivity contribution in [2.75, 3.05) is 43.1 Å². The third-order valence-electron chi connectivity index (χ3n) is 4.79. The number of piperazine rings is 1. The number of thiazole rings is 1. The number of nitrogens with zero attached hydrogens (tertiary/aromatic N) is 3. The summed E-state index contributed by atoms with van der Waals surface area (Å²) in [6.45, 7) is 8.23. The van der Waals surface area contributed by atoms with Crippen LogP contribution in [0.1, 0.15) is 11.1 Å². The maximum absolute atomic E-state index is 5.51. The Hall–Kier alpha value is -2.27. The molecule has 0 atom stereocenters. The highest BCUT2D eigenvalue weighted by atomic mass is 32.1. The van der Waals surface area contributed by atoms with Gasteiger partial charge in [0, 0.05) is 26.2 Å². The summed E-state index contributed by atoms with van der Waals surface area (Å²) in [5.74, 6) is 0.946. The molecule has 1 saturated heterocycles. The Balaban J connectivity index is 1.53. The molecule has 0 aliphatic carbocycles. The number of anilines is 2. The highest BCUT2D eigenvalue weighted by molar-refractivity contribution is 7.22. The van der Waals surface area contributed by atoms with E-state index in [4.69, 9.17) is 9.72 Å². The van der Waals surface area contributed by atoms with Crippen LogP contribution in [-0.2, 0) is 0 Å². The third kappa shape index (κ3) is 3.04. The smallest absolute Gasteiger partial charge is 0.186 e. The Labute approximate surface area is 152 Å². The number of ether oxygens (including phenoxy) is 1. The summed E-state index contributed by atoms with van der Waals surface area (Å²) in [6.07, 6.45) is 0. The number of hydrogen-bond acceptors (Lipinski definition) is 5. The molecular weight excluding hydrogens is 330 g/mol. The van der Waals surface area contributed by atoms with Crippen molar-refractivity contribution in [1.82, 2.24) is 4.98 Å². The highest BCUT2D eigenvalue weighted by Gasteiger charge is 2.22. The summed E-state index contributed by atoms with van der Waals surface area (Å²) < 4.78 is 6.80. The fourth-order valence-corrected chi connectivity index (χ4v) is 4.72. The highest BCUT2D eigenvalue weighted by Crippen LogP contribution is 2.33. The molecule has 1 aliphatic rings. The van der Waals surface area contributed by atoms with Crippen molar-refractivity contribution in [1.29, 1.82) is 0 Å². The predicted octanol–water partition coefficient (Wildman–Crippen LogP) is 4.25. The van der Waals surface area contributed by atoms with Crippen LogP contribution >= 0.6 is 11.3 Å². The monoisotopic (exact) mass is 353 g/mol. The lowest BCUT2D eigenvalue weighted by Crippen LogP contribution is -2.46. The van der Waals surface area contributed by atoms with Crippen molar-refractivity contribution in [3.63, 3.8) is 0 Å². The minimum Gasteiger partial charge on any atom is -0.495 e. The molecule has 0 N–H and O–H groups in total. The summed E-state index contributed by atoms with van der Waals surface area (Å²) in [7, 11) is 1.74. The minimum atomic E-state index is 0.946. The van der Waals surface area contributed by atoms with Crippen LogP contribution < -0.4 is 14.5 Å². The van der Waals surface area contributed by atoms with Crippen LogP contribution in [0.2, 0.25) is 0 Å². The van der Waals surface area contributed by atoms with Crippen LogP contribution in [0.5, 0.6) is 5.75 Å². The second-order valence-electron chi connectivity index (χ2n) is 6.57. The zero-order chi connectivity index (χ0) is 17.4. The average molecular weight is 353 g/mol. The standard InChI is InChI=1S/C20H23N3OS/c1-14-12-15(2)19-18(13-14)25-20(21-19)23-10-8-22(9-11-23)16-6-4-5-7-17(16)24-3/h4-7,12-13H,8-11H2,1-3H3. The van der Waals surface area contributed by atoms with Gasteiger partial charge in [-0.25, -0.2) is 4.98 Å². The van der Waals surface area contributed by atoms with Gasteiger partial charge in [-0.15, -0.1) is 0 Å². The lowest BCUT2D eigenvalue weighted by molar-refractivity contribution is 0.413. The zero-order valence-corrected chi connectivity index (χ0v) is 15.8. The molecule has 25 heavy (non-hydrogen) atoms. The number of aryl methyl sites for hydroxylation is 2. The number of benzene rings is 2. The second kappa shape index (κ2) is 6.56. The summed E-state index contributed by atoms with van der Waals surface area (Å²) in [5.41, 5.74) is 4.91. The van der Waals surface area contributed by atoms with Crippen LogP contribution in [0, 0.1) is 13.8 Å². The van der Waals surface area contributed by atoms with Gasteiger partial charge in [0.05, 0.1) is 23.0 Å². The Morgan fingerprint density at radius 2 is 1.72 bits per heavy atom. The molecule has 5 heteroatoms. The van der Waals surface area contributed by atoms with E-state index >= 15 is 0 Å². The Morgan fingerprint density at radius 1 is 1.00 bits per heavy atom. The van der Waals surface area contributed by atoms with Gasteiger partial charge in [0.2, 0.25) is 0 Å². The van der Waals surface area contributed by atoms with E-state index < -0.39 is 0 Å². The topological polar surface area (TPSA) is 28.6 Å². The van der Waals surface area contributed by atoms with Crippen molar-refractivity contribution >= 4 is 32.4 Å². The van der Waals surface area contributed by atoms with Gasteiger partial charge in [-0.2, -0.15) is 0 Å². The summed E-state index contributed by atoms with van der Waals surface area (Å²) in [4.78, 5) is 9.72. The number of methoxy groups -OCH3 is 1. The molecule has 0 spiro atoms. The largest absolute Gasteiger partial charge is 0.495 e. The van der Waals surface area contributed by atoms with Crippen molar-refractivity contribution in [3.05, 3.63) is 47.5 Å². The number of fused-ring (bicyclic) bond motifs is 1. The molecule has 130 valence electrons. The van der Waals surface area contributed by atoms with Crippen LogP contribution in [-0.4, -0.2) is 38.3 Å². The first-order valence-electron chi connectivity index (χ1n) is 8.66. The molecule has 2 heterocycles. The van der Waals surface area contributed by atoms with Gasteiger partial charge in [-0.1, -0.05) is 29.5 Å². The molecule has 4 nitrogen and oxygen atoms in total. The van der Waals surface area contributed by atoms with E-state index in [1.807, 2.05) is 23.5 Å². The average Bonchev–Trinajstić information content (AvgIpc) is 3.06. The predicted molar refractivity (Wildman–Crippen MR) is 107 cm³/mol. The molecule has 1 aromatic heterocycles. The Kier molecular flexibility index (Phi) is 4.25. The fourth-order valence-electron chi connectivity index (χ4n) is 3.52. The summed E-state index contributed by atoms with van der Waals surface area (Å²) in [5, 5.41) is 1.14. The lowest BCUT2D eigenvalue weighted by atomic mass is 10.1. The van der Waals surface area contributed by atoms with E-state index in [1.165, 1.54) is 21.5 Å². The van der Waals surface area contributed by atoms with Gasteiger partial charge in [0.25, 0.3) is 0 Å². The van der Waals surface area contributed by atoms with Gasteiger partial charge in [0.1, 0.15) is 5.75 Å². The molecule has 0 unspecified atom stereocenters. The van der Waals surface area contributed by atoms with Crippen LogP contribution in [0.3, 0.4) is 0 Å². The number of rotatable bonds is 3. The molecular formula is C20H23N3OS. The van der Waals surface area contributed by atoms with E-state index in [-0.39, 0.29) is 0 Å². The fraction of sp³-hybridized carbons (Fsp3) is 0.350. The molecule has 0 saturated carbocycles. The molecule has 0 bridgehead atoms. The van der Waals surface area contributed by atoms with E-state index in [9.17, 15) is 0 Å².